The Bertz CT molecular complexity index is 628. The van der Waals surface area contributed by atoms with Crippen molar-refractivity contribution in [2.75, 3.05) is 12.3 Å². The van der Waals surface area contributed by atoms with Crippen molar-refractivity contribution in [1.29, 1.82) is 0 Å². The molecule has 0 radical (unpaired) electrons. The summed E-state index contributed by atoms with van der Waals surface area (Å²) in [6, 6.07) is -2.59. The first-order chi connectivity index (χ1) is 12.9. The average molecular weight is 422 g/mol. The van der Waals surface area contributed by atoms with Crippen LogP contribution in [0.4, 0.5) is 0 Å². The predicted octanol–water partition coefficient (Wildman–Crippen LogP) is -3.07. The molecule has 28 heavy (non-hydrogen) atoms. The molecule has 0 rings (SSSR count). The Morgan fingerprint density at radius 1 is 1.00 bits per heavy atom. The number of carbonyl (C=O) groups excluding carboxylic acids is 3. The van der Waals surface area contributed by atoms with Gasteiger partial charge in [-0.05, 0) is 6.42 Å². The fraction of sp³-hybridized carbons (Fsp3) is 0.571. The molecule has 0 aliphatic rings. The van der Waals surface area contributed by atoms with E-state index >= 15 is 0 Å². The second-order valence-corrected chi connectivity index (χ2v) is 6.77. The zero-order valence-electron chi connectivity index (χ0n) is 14.6. The number of aliphatic carboxylic acids is 3. The summed E-state index contributed by atoms with van der Waals surface area (Å²) in [6.07, 6.45) is -1.14. The first-order valence-corrected chi connectivity index (χ1v) is 8.88. The molecule has 3 atom stereocenters. The van der Waals surface area contributed by atoms with E-state index in [1.165, 1.54) is 0 Å². The molecule has 1 unspecified atom stereocenters. The maximum atomic E-state index is 12.1. The van der Waals surface area contributed by atoms with Gasteiger partial charge in [0.1, 0.15) is 18.6 Å². The Balaban J connectivity index is 4.98. The monoisotopic (exact) mass is 422 g/mol. The molecule has 0 aromatic carbocycles. The highest BCUT2D eigenvalue weighted by Gasteiger charge is 2.26. The molecule has 9 N–H and O–H groups in total. The Kier molecular flexibility index (Phi) is 11.2. The predicted molar refractivity (Wildman–Crippen MR) is 95.1 cm³/mol. The highest BCUT2D eigenvalue weighted by atomic mass is 32.2. The van der Waals surface area contributed by atoms with E-state index in [2.05, 4.69) is 5.32 Å². The fourth-order valence-electron chi connectivity index (χ4n) is 1.76. The second kappa shape index (κ2) is 12.5. The highest BCUT2D eigenvalue weighted by molar-refractivity contribution is 8.00. The number of thioether (sulfide) groups is 1. The molecule has 158 valence electrons. The maximum Gasteiger partial charge on any atom is 0.322 e. The van der Waals surface area contributed by atoms with Crippen LogP contribution in [-0.2, 0) is 28.8 Å². The molecule has 3 amide bonds. The quantitative estimate of drug-likeness (QED) is 0.148. The van der Waals surface area contributed by atoms with Crippen LogP contribution in [0.1, 0.15) is 19.3 Å². The van der Waals surface area contributed by atoms with Gasteiger partial charge in [-0.25, -0.2) is 0 Å². The number of carbonyl (C=O) groups is 6. The largest absolute Gasteiger partial charge is 0.481 e. The van der Waals surface area contributed by atoms with Crippen LogP contribution in [0.15, 0.2) is 0 Å². The van der Waals surface area contributed by atoms with Crippen LogP contribution < -0.4 is 22.1 Å². The molecule has 0 aromatic rings. The number of carboxylic acid groups (broad SMARTS) is 3. The first-order valence-electron chi connectivity index (χ1n) is 7.84. The minimum Gasteiger partial charge on any atom is -0.481 e. The molecule has 0 spiro atoms. The van der Waals surface area contributed by atoms with Crippen molar-refractivity contribution in [2.45, 2.75) is 36.6 Å². The summed E-state index contributed by atoms with van der Waals surface area (Å²) in [6.45, 7) is -0.728. The van der Waals surface area contributed by atoms with Crippen LogP contribution in [0.25, 0.3) is 0 Å². The van der Waals surface area contributed by atoms with Gasteiger partial charge in [-0.2, -0.15) is 0 Å². The van der Waals surface area contributed by atoms with E-state index in [1.54, 1.807) is 0 Å². The second-order valence-electron chi connectivity index (χ2n) is 5.54. The zero-order valence-corrected chi connectivity index (χ0v) is 15.4. The smallest absolute Gasteiger partial charge is 0.322 e. The van der Waals surface area contributed by atoms with E-state index in [9.17, 15) is 28.8 Å². The van der Waals surface area contributed by atoms with Gasteiger partial charge in [0.05, 0.1) is 11.7 Å². The zero-order chi connectivity index (χ0) is 21.9. The van der Waals surface area contributed by atoms with E-state index in [-0.39, 0.29) is 18.6 Å². The molecule has 0 aliphatic heterocycles. The molecule has 0 aromatic heterocycles. The summed E-state index contributed by atoms with van der Waals surface area (Å²) in [7, 11) is 0. The van der Waals surface area contributed by atoms with Crippen molar-refractivity contribution in [3.05, 3.63) is 0 Å². The number of amides is 3. The average Bonchev–Trinajstić information content (AvgIpc) is 2.58. The first kappa shape index (κ1) is 25.1. The number of hydrogen-bond acceptors (Lipinski definition) is 8. The minimum absolute atomic E-state index is 0.208. The van der Waals surface area contributed by atoms with Gasteiger partial charge >= 0.3 is 17.9 Å². The molecule has 0 bridgehead atoms. The van der Waals surface area contributed by atoms with Gasteiger partial charge in [-0.1, -0.05) is 0 Å². The molecule has 0 heterocycles. The topological polar surface area (TPSA) is 239 Å². The third-order valence-corrected chi connectivity index (χ3v) is 4.53. The summed E-state index contributed by atoms with van der Waals surface area (Å²) in [5.41, 5.74) is 10.4. The third kappa shape index (κ3) is 11.0. The van der Waals surface area contributed by atoms with Crippen LogP contribution in [0, 0.1) is 0 Å². The van der Waals surface area contributed by atoms with Gasteiger partial charge in [0.15, 0.2) is 0 Å². The Labute approximate surface area is 163 Å². The van der Waals surface area contributed by atoms with Crippen molar-refractivity contribution >= 4 is 47.4 Å². The summed E-state index contributed by atoms with van der Waals surface area (Å²) in [4.78, 5) is 67.3. The van der Waals surface area contributed by atoms with Gasteiger partial charge < -0.3 is 37.4 Å². The normalized spacial score (nSPS) is 13.6. The highest BCUT2D eigenvalue weighted by Crippen LogP contribution is 2.16. The molecule has 0 saturated heterocycles. The maximum absolute atomic E-state index is 12.1. The number of hydrogen-bond donors (Lipinski definition) is 7. The third-order valence-electron chi connectivity index (χ3n) is 3.21. The molecule has 14 heteroatoms. The van der Waals surface area contributed by atoms with Crippen LogP contribution in [0.3, 0.4) is 0 Å². The van der Waals surface area contributed by atoms with Gasteiger partial charge in [-0.3, -0.25) is 28.8 Å². The van der Waals surface area contributed by atoms with Crippen molar-refractivity contribution in [1.82, 2.24) is 10.6 Å². The lowest BCUT2D eigenvalue weighted by molar-refractivity contribution is -0.139. The fourth-order valence-corrected chi connectivity index (χ4v) is 2.84. The molecular weight excluding hydrogens is 400 g/mol. The number of nitrogens with two attached hydrogens (primary N) is 2. The number of primary amides is 1. The Hall–Kier alpha value is -2.87. The summed E-state index contributed by atoms with van der Waals surface area (Å²) in [5.74, 6) is -6.77. The van der Waals surface area contributed by atoms with E-state index < -0.39 is 65.9 Å². The van der Waals surface area contributed by atoms with Gasteiger partial charge in [-0.15, -0.1) is 11.8 Å². The summed E-state index contributed by atoms with van der Waals surface area (Å²) >= 11 is 0.703. The number of carboxylic acids is 3. The molecule has 0 aliphatic carbocycles. The lowest BCUT2D eigenvalue weighted by Gasteiger charge is -2.20. The van der Waals surface area contributed by atoms with Gasteiger partial charge in [0, 0.05) is 12.2 Å². The Morgan fingerprint density at radius 3 is 2.07 bits per heavy atom. The minimum atomic E-state index is -1.33. The van der Waals surface area contributed by atoms with E-state index in [4.69, 9.17) is 26.8 Å². The lowest BCUT2D eigenvalue weighted by Crippen LogP contribution is -2.50. The van der Waals surface area contributed by atoms with Crippen LogP contribution >= 0.6 is 11.8 Å². The number of rotatable bonds is 14. The van der Waals surface area contributed by atoms with E-state index in [1.807, 2.05) is 5.32 Å². The van der Waals surface area contributed by atoms with Crippen molar-refractivity contribution in [3.8, 4) is 0 Å². The van der Waals surface area contributed by atoms with Crippen LogP contribution in [0.5, 0.6) is 0 Å². The van der Waals surface area contributed by atoms with Crippen molar-refractivity contribution in [3.63, 3.8) is 0 Å². The van der Waals surface area contributed by atoms with Crippen molar-refractivity contribution in [2.24, 2.45) is 11.5 Å². The summed E-state index contributed by atoms with van der Waals surface area (Å²) < 4.78 is 0. The molecule has 0 saturated carbocycles. The van der Waals surface area contributed by atoms with Crippen LogP contribution in [-0.4, -0.2) is 80.6 Å². The van der Waals surface area contributed by atoms with E-state index in [0.29, 0.717) is 11.8 Å². The summed E-state index contributed by atoms with van der Waals surface area (Å²) in [5, 5.41) is 29.2. The molecular formula is C14H22N4O9S. The van der Waals surface area contributed by atoms with Gasteiger partial charge in [0.2, 0.25) is 17.7 Å². The standard InChI is InChI=1S/C14H22N4O9S/c15-6(14(26)27)1-2-9(19)18-7(13(25)17-4-11(22)23)5-28-8(12(16)24)3-10(20)21/h6-8H,1-5,15H2,(H2,16,24)(H,17,25)(H,18,19)(H,20,21)(H,22,23)(H,26,27)/t6-,7-,8?/m0/s1. The van der Waals surface area contributed by atoms with Crippen molar-refractivity contribution < 1.29 is 44.1 Å². The SMILES string of the molecule is NC(=O)C(CC(=O)O)SC[C@H](NC(=O)CC[C@H](N)C(=O)O)C(=O)NCC(=O)O. The lowest BCUT2D eigenvalue weighted by atomic mass is 10.1. The Morgan fingerprint density at radius 2 is 1.61 bits per heavy atom. The molecule has 0 fully saturated rings. The molecule has 13 nitrogen and oxygen atoms in total. The van der Waals surface area contributed by atoms with Crippen LogP contribution in [0.2, 0.25) is 0 Å². The van der Waals surface area contributed by atoms with Gasteiger partial charge in [0.25, 0.3) is 0 Å². The van der Waals surface area contributed by atoms with E-state index in [0.717, 1.165) is 0 Å². The number of nitrogens with one attached hydrogen (secondary N) is 2.